The van der Waals surface area contributed by atoms with Gasteiger partial charge in [-0.15, -0.1) is 10.2 Å². The number of nitrogens with one attached hydrogen (secondary N) is 2. The molecule has 9 nitrogen and oxygen atoms in total. The first-order valence-corrected chi connectivity index (χ1v) is 7.99. The Morgan fingerprint density at radius 1 is 1.00 bits per heavy atom. The van der Waals surface area contributed by atoms with Crippen molar-refractivity contribution in [2.45, 2.75) is 0 Å². The minimum atomic E-state index is -0.366. The molecule has 0 unspecified atom stereocenters. The number of aromatic amines is 1. The molecule has 27 heavy (non-hydrogen) atoms. The maximum Gasteiger partial charge on any atom is 0.276 e. The number of amides is 1. The van der Waals surface area contributed by atoms with E-state index in [4.69, 9.17) is 0 Å². The van der Waals surface area contributed by atoms with Gasteiger partial charge < -0.3 is 5.32 Å². The van der Waals surface area contributed by atoms with Crippen molar-refractivity contribution < 1.29 is 4.79 Å². The quantitative estimate of drug-likeness (QED) is 0.572. The molecule has 0 fully saturated rings. The zero-order valence-electron chi connectivity index (χ0n) is 13.9. The Morgan fingerprint density at radius 3 is 2.48 bits per heavy atom. The van der Waals surface area contributed by atoms with E-state index in [-0.39, 0.29) is 17.2 Å². The highest BCUT2D eigenvalue weighted by Gasteiger charge is 2.09. The second-order valence-corrected chi connectivity index (χ2v) is 5.58. The van der Waals surface area contributed by atoms with Crippen LogP contribution >= 0.6 is 0 Å². The first kappa shape index (κ1) is 16.3. The molecule has 9 heteroatoms. The lowest BCUT2D eigenvalue weighted by atomic mass is 10.1. The van der Waals surface area contributed by atoms with Crippen molar-refractivity contribution >= 4 is 11.6 Å². The molecule has 0 bridgehead atoms. The van der Waals surface area contributed by atoms with Gasteiger partial charge in [0, 0.05) is 29.7 Å². The lowest BCUT2D eigenvalue weighted by Crippen LogP contribution is -2.14. The zero-order chi connectivity index (χ0) is 18.6. The maximum atomic E-state index is 12.3. The fourth-order valence-corrected chi connectivity index (χ4v) is 2.40. The third kappa shape index (κ3) is 3.61. The SMILES string of the molecule is O=C(Nc1ccc(-c2ccc(=O)[nH]n2)cc1)c1ccc(-n2ccnc2)nn1. The summed E-state index contributed by atoms with van der Waals surface area (Å²) in [5, 5.41) is 17.1. The summed E-state index contributed by atoms with van der Waals surface area (Å²) in [4.78, 5) is 27.3. The van der Waals surface area contributed by atoms with Crippen LogP contribution in [0.4, 0.5) is 5.69 Å². The van der Waals surface area contributed by atoms with Gasteiger partial charge in [-0.1, -0.05) is 12.1 Å². The Hall–Kier alpha value is -4.14. The molecule has 0 saturated heterocycles. The van der Waals surface area contributed by atoms with Crippen LogP contribution in [0.5, 0.6) is 0 Å². The lowest BCUT2D eigenvalue weighted by Gasteiger charge is -2.06. The minimum Gasteiger partial charge on any atom is -0.321 e. The average molecular weight is 359 g/mol. The second-order valence-electron chi connectivity index (χ2n) is 5.58. The van der Waals surface area contributed by atoms with Gasteiger partial charge >= 0.3 is 0 Å². The van der Waals surface area contributed by atoms with Gasteiger partial charge in [0.05, 0.1) is 5.69 Å². The molecule has 0 atom stereocenters. The lowest BCUT2D eigenvalue weighted by molar-refractivity contribution is 0.102. The van der Waals surface area contributed by atoms with Gasteiger partial charge in [-0.2, -0.15) is 5.10 Å². The van der Waals surface area contributed by atoms with Crippen LogP contribution in [0.1, 0.15) is 10.5 Å². The van der Waals surface area contributed by atoms with Crippen molar-refractivity contribution in [3.63, 3.8) is 0 Å². The summed E-state index contributed by atoms with van der Waals surface area (Å²) in [5.74, 6) is 0.205. The predicted molar refractivity (Wildman–Crippen MR) is 97.4 cm³/mol. The van der Waals surface area contributed by atoms with Crippen molar-refractivity contribution in [1.82, 2.24) is 29.9 Å². The molecule has 3 heterocycles. The summed E-state index contributed by atoms with van der Waals surface area (Å²) in [5.41, 5.74) is 1.99. The van der Waals surface area contributed by atoms with Crippen molar-refractivity contribution in [3.8, 4) is 17.1 Å². The molecule has 2 N–H and O–H groups in total. The molecular weight excluding hydrogens is 346 g/mol. The van der Waals surface area contributed by atoms with E-state index >= 15 is 0 Å². The number of carbonyl (C=O) groups excluding carboxylic acids is 1. The first-order chi connectivity index (χ1) is 13.2. The van der Waals surface area contributed by atoms with Crippen LogP contribution in [-0.2, 0) is 0 Å². The average Bonchev–Trinajstić information content (AvgIpc) is 3.24. The van der Waals surface area contributed by atoms with E-state index in [9.17, 15) is 9.59 Å². The number of imidazole rings is 1. The minimum absolute atomic E-state index is 0.199. The van der Waals surface area contributed by atoms with Gasteiger partial charge in [0.2, 0.25) is 0 Å². The van der Waals surface area contributed by atoms with Gasteiger partial charge in [-0.25, -0.2) is 10.1 Å². The van der Waals surface area contributed by atoms with Crippen molar-refractivity contribution in [2.75, 3.05) is 5.32 Å². The third-order valence-corrected chi connectivity index (χ3v) is 3.77. The third-order valence-electron chi connectivity index (χ3n) is 3.77. The van der Waals surface area contributed by atoms with Crippen molar-refractivity contribution in [1.29, 1.82) is 0 Å². The fourth-order valence-electron chi connectivity index (χ4n) is 2.40. The highest BCUT2D eigenvalue weighted by molar-refractivity contribution is 6.02. The van der Waals surface area contributed by atoms with E-state index in [1.165, 1.54) is 6.07 Å². The number of H-pyrrole nitrogens is 1. The Kier molecular flexibility index (Phi) is 4.24. The molecule has 0 aliphatic heterocycles. The summed E-state index contributed by atoms with van der Waals surface area (Å²) in [7, 11) is 0. The number of hydrogen-bond donors (Lipinski definition) is 2. The summed E-state index contributed by atoms with van der Waals surface area (Å²) in [6, 6.07) is 13.4. The molecule has 1 amide bonds. The molecule has 3 aromatic heterocycles. The molecule has 1 aromatic carbocycles. The van der Waals surface area contributed by atoms with Gasteiger partial charge in [0.25, 0.3) is 11.5 Å². The van der Waals surface area contributed by atoms with Gasteiger partial charge in [-0.05, 0) is 30.3 Å². The number of hydrogen-bond acceptors (Lipinski definition) is 6. The number of carbonyl (C=O) groups is 1. The number of rotatable bonds is 4. The normalized spacial score (nSPS) is 10.5. The van der Waals surface area contributed by atoms with Gasteiger partial charge in [0.1, 0.15) is 6.33 Å². The topological polar surface area (TPSA) is 118 Å². The standard InChI is InChI=1S/C18H13N7O2/c26-17-8-6-14(21-24-17)12-1-3-13(4-2-12)20-18(27)15-5-7-16(23-22-15)25-10-9-19-11-25/h1-11H,(H,20,27)(H,24,26). The molecule has 0 spiro atoms. The van der Waals surface area contributed by atoms with Crippen LogP contribution < -0.4 is 10.9 Å². The molecule has 132 valence electrons. The fraction of sp³-hybridized carbons (Fsp3) is 0. The Balaban J connectivity index is 1.46. The summed E-state index contributed by atoms with van der Waals surface area (Å²) in [6.45, 7) is 0. The highest BCUT2D eigenvalue weighted by atomic mass is 16.2. The summed E-state index contributed by atoms with van der Waals surface area (Å²) >= 11 is 0. The van der Waals surface area contributed by atoms with E-state index in [1.807, 2.05) is 0 Å². The summed E-state index contributed by atoms with van der Waals surface area (Å²) in [6.07, 6.45) is 4.97. The first-order valence-electron chi connectivity index (χ1n) is 7.99. The van der Waals surface area contributed by atoms with Crippen LogP contribution in [0, 0.1) is 0 Å². The Morgan fingerprint density at radius 2 is 1.85 bits per heavy atom. The smallest absolute Gasteiger partial charge is 0.276 e. The molecule has 0 aliphatic carbocycles. The predicted octanol–water partition coefficient (Wildman–Crippen LogP) is 1.66. The van der Waals surface area contributed by atoms with Crippen LogP contribution in [0.3, 0.4) is 0 Å². The van der Waals surface area contributed by atoms with E-state index in [0.717, 1.165) is 5.56 Å². The second kappa shape index (κ2) is 7.00. The molecule has 4 aromatic rings. The summed E-state index contributed by atoms with van der Waals surface area (Å²) < 4.78 is 1.69. The number of anilines is 1. The van der Waals surface area contributed by atoms with E-state index < -0.39 is 0 Å². The van der Waals surface area contributed by atoms with E-state index in [2.05, 4.69) is 30.7 Å². The van der Waals surface area contributed by atoms with Crippen molar-refractivity contribution in [3.05, 3.63) is 83.3 Å². The molecule has 4 rings (SSSR count). The van der Waals surface area contributed by atoms with E-state index in [0.29, 0.717) is 17.2 Å². The monoisotopic (exact) mass is 359 g/mol. The molecule has 0 aliphatic rings. The van der Waals surface area contributed by atoms with Gasteiger partial charge in [-0.3, -0.25) is 14.2 Å². The Bertz CT molecular complexity index is 1100. The number of aromatic nitrogens is 6. The number of nitrogens with zero attached hydrogens (tertiary/aromatic N) is 5. The number of benzene rings is 1. The van der Waals surface area contributed by atoms with E-state index in [1.54, 1.807) is 65.8 Å². The van der Waals surface area contributed by atoms with Gasteiger partial charge in [0.15, 0.2) is 11.5 Å². The highest BCUT2D eigenvalue weighted by Crippen LogP contribution is 2.18. The van der Waals surface area contributed by atoms with Crippen LogP contribution in [0.15, 0.2) is 72.0 Å². The van der Waals surface area contributed by atoms with Crippen molar-refractivity contribution in [2.24, 2.45) is 0 Å². The Labute approximate surface area is 152 Å². The van der Waals surface area contributed by atoms with Crippen LogP contribution in [0.2, 0.25) is 0 Å². The maximum absolute atomic E-state index is 12.3. The molecular formula is C18H13N7O2. The molecule has 0 radical (unpaired) electrons. The largest absolute Gasteiger partial charge is 0.321 e. The zero-order valence-corrected chi connectivity index (χ0v) is 13.9. The van der Waals surface area contributed by atoms with Crippen LogP contribution in [0.25, 0.3) is 17.1 Å². The molecule has 0 saturated carbocycles. The van der Waals surface area contributed by atoms with Crippen LogP contribution in [-0.4, -0.2) is 35.9 Å².